The lowest BCUT2D eigenvalue weighted by atomic mass is 9.90. The Morgan fingerprint density at radius 2 is 2.18 bits per heavy atom. The zero-order valence-corrected chi connectivity index (χ0v) is 11.4. The Kier molecular flexibility index (Phi) is 3.49. The van der Waals surface area contributed by atoms with Crippen LogP contribution in [0.4, 0.5) is 0 Å². The van der Waals surface area contributed by atoms with Crippen molar-refractivity contribution in [2.75, 3.05) is 20.1 Å². The number of nitrogens with one attached hydrogen (secondary N) is 1. The van der Waals surface area contributed by atoms with Crippen LogP contribution in [0.5, 0.6) is 0 Å². The first-order chi connectivity index (χ1) is 8.06. The second kappa shape index (κ2) is 4.74. The van der Waals surface area contributed by atoms with Crippen LogP contribution < -0.4 is 5.32 Å². The maximum atomic E-state index is 12.3. The molecule has 0 unspecified atom stereocenters. The highest BCUT2D eigenvalue weighted by molar-refractivity contribution is 7.11. The molecule has 94 valence electrons. The summed E-state index contributed by atoms with van der Waals surface area (Å²) in [7, 11) is 1.99. The van der Waals surface area contributed by atoms with Crippen LogP contribution in [-0.4, -0.2) is 41.5 Å². The number of thiazole rings is 1. The molecule has 0 atom stereocenters. The van der Waals surface area contributed by atoms with E-state index < -0.39 is 0 Å². The number of carbonyl (C=O) groups excluding carboxylic acids is 1. The fourth-order valence-corrected chi connectivity index (χ4v) is 2.87. The van der Waals surface area contributed by atoms with Gasteiger partial charge in [0.25, 0.3) is 5.91 Å². The predicted molar refractivity (Wildman–Crippen MR) is 69.5 cm³/mol. The van der Waals surface area contributed by atoms with Crippen LogP contribution in [0.3, 0.4) is 0 Å². The standard InChI is InChI=1S/C12H19N3OS/c1-9-10(17-8-14-9)11(16)15-6-4-12(2,13-3)5-7-15/h8,13H,4-7H2,1-3H3. The summed E-state index contributed by atoms with van der Waals surface area (Å²) in [5.74, 6) is 0.142. The van der Waals surface area contributed by atoms with Crippen LogP contribution in [0.15, 0.2) is 5.51 Å². The third-order valence-electron chi connectivity index (χ3n) is 3.70. The third kappa shape index (κ3) is 2.50. The summed E-state index contributed by atoms with van der Waals surface area (Å²) >= 11 is 1.44. The number of hydrogen-bond acceptors (Lipinski definition) is 4. The van der Waals surface area contributed by atoms with E-state index in [-0.39, 0.29) is 11.4 Å². The molecule has 4 nitrogen and oxygen atoms in total. The number of likely N-dealkylation sites (tertiary alicyclic amines) is 1. The summed E-state index contributed by atoms with van der Waals surface area (Å²) in [6.45, 7) is 5.76. The van der Waals surface area contributed by atoms with Crippen molar-refractivity contribution < 1.29 is 4.79 Å². The first kappa shape index (κ1) is 12.5. The van der Waals surface area contributed by atoms with Gasteiger partial charge in [0.1, 0.15) is 4.88 Å². The normalized spacial score (nSPS) is 19.4. The van der Waals surface area contributed by atoms with Crippen LogP contribution in [0, 0.1) is 6.92 Å². The first-order valence-corrected chi connectivity index (χ1v) is 6.82. The van der Waals surface area contributed by atoms with Crippen molar-refractivity contribution in [2.24, 2.45) is 0 Å². The van der Waals surface area contributed by atoms with Crippen LogP contribution in [0.1, 0.15) is 35.1 Å². The van der Waals surface area contributed by atoms with E-state index in [1.54, 1.807) is 5.51 Å². The third-order valence-corrected chi connectivity index (χ3v) is 4.61. The van der Waals surface area contributed by atoms with Crippen molar-refractivity contribution in [1.82, 2.24) is 15.2 Å². The molecular formula is C12H19N3OS. The summed E-state index contributed by atoms with van der Waals surface area (Å²) in [6.07, 6.45) is 2.01. The minimum atomic E-state index is 0.142. The molecule has 0 spiro atoms. The molecule has 0 aliphatic carbocycles. The van der Waals surface area contributed by atoms with Crippen molar-refractivity contribution in [3.05, 3.63) is 16.1 Å². The van der Waals surface area contributed by atoms with E-state index in [0.717, 1.165) is 36.5 Å². The largest absolute Gasteiger partial charge is 0.338 e. The fourth-order valence-electron chi connectivity index (χ4n) is 2.10. The van der Waals surface area contributed by atoms with E-state index in [1.165, 1.54) is 11.3 Å². The van der Waals surface area contributed by atoms with Gasteiger partial charge in [0.05, 0.1) is 11.2 Å². The Hall–Kier alpha value is -0.940. The van der Waals surface area contributed by atoms with Gasteiger partial charge in [-0.15, -0.1) is 11.3 Å². The van der Waals surface area contributed by atoms with Crippen LogP contribution in [0.2, 0.25) is 0 Å². The summed E-state index contributed by atoms with van der Waals surface area (Å²) in [4.78, 5) is 19.1. The molecular weight excluding hydrogens is 234 g/mol. The van der Waals surface area contributed by atoms with E-state index in [1.807, 2.05) is 18.9 Å². The summed E-state index contributed by atoms with van der Waals surface area (Å²) in [5, 5.41) is 3.34. The Morgan fingerprint density at radius 3 is 2.65 bits per heavy atom. The lowest BCUT2D eigenvalue weighted by Gasteiger charge is -2.39. The van der Waals surface area contributed by atoms with Crippen LogP contribution >= 0.6 is 11.3 Å². The van der Waals surface area contributed by atoms with Gasteiger partial charge in [-0.3, -0.25) is 4.79 Å². The summed E-state index contributed by atoms with van der Waals surface area (Å²) < 4.78 is 0. The molecule has 2 heterocycles. The molecule has 0 radical (unpaired) electrons. The molecule has 1 aliphatic rings. The van der Waals surface area contributed by atoms with Gasteiger partial charge in [0, 0.05) is 18.6 Å². The highest BCUT2D eigenvalue weighted by atomic mass is 32.1. The van der Waals surface area contributed by atoms with Gasteiger partial charge in [-0.2, -0.15) is 0 Å². The van der Waals surface area contributed by atoms with Gasteiger partial charge in [-0.05, 0) is 33.7 Å². The van der Waals surface area contributed by atoms with E-state index >= 15 is 0 Å². The second-order valence-electron chi connectivity index (χ2n) is 4.87. The molecule has 1 fully saturated rings. The molecule has 2 rings (SSSR count). The van der Waals surface area contributed by atoms with Gasteiger partial charge in [-0.25, -0.2) is 4.98 Å². The van der Waals surface area contributed by atoms with Gasteiger partial charge >= 0.3 is 0 Å². The van der Waals surface area contributed by atoms with Gasteiger partial charge in [0.2, 0.25) is 0 Å². The lowest BCUT2D eigenvalue weighted by Crippen LogP contribution is -2.51. The quantitative estimate of drug-likeness (QED) is 0.872. The van der Waals surface area contributed by atoms with Crippen LogP contribution in [-0.2, 0) is 0 Å². The van der Waals surface area contributed by atoms with Gasteiger partial charge in [-0.1, -0.05) is 0 Å². The average Bonchev–Trinajstić information content (AvgIpc) is 2.76. The number of hydrogen-bond donors (Lipinski definition) is 1. The number of nitrogens with zero attached hydrogens (tertiary/aromatic N) is 2. The SMILES string of the molecule is CNC1(C)CCN(C(=O)c2scnc2C)CC1. The van der Waals surface area contributed by atoms with E-state index in [4.69, 9.17) is 0 Å². The molecule has 0 bridgehead atoms. The molecule has 0 saturated carbocycles. The zero-order chi connectivity index (χ0) is 12.5. The molecule has 1 amide bonds. The summed E-state index contributed by atoms with van der Waals surface area (Å²) in [6, 6.07) is 0. The molecule has 5 heteroatoms. The number of aryl methyl sites for hydroxylation is 1. The van der Waals surface area contributed by atoms with Gasteiger partial charge in [0.15, 0.2) is 0 Å². The molecule has 1 N–H and O–H groups in total. The average molecular weight is 253 g/mol. The Bertz CT molecular complexity index is 408. The Balaban J connectivity index is 2.02. The minimum Gasteiger partial charge on any atom is -0.338 e. The van der Waals surface area contributed by atoms with Crippen LogP contribution in [0.25, 0.3) is 0 Å². The highest BCUT2D eigenvalue weighted by Crippen LogP contribution is 2.24. The smallest absolute Gasteiger partial charge is 0.265 e. The Labute approximate surface area is 106 Å². The monoisotopic (exact) mass is 253 g/mol. The fraction of sp³-hybridized carbons (Fsp3) is 0.667. The molecule has 1 aliphatic heterocycles. The molecule has 1 aromatic rings. The number of aromatic nitrogens is 1. The molecule has 1 saturated heterocycles. The minimum absolute atomic E-state index is 0.142. The zero-order valence-electron chi connectivity index (χ0n) is 10.6. The molecule has 0 aromatic carbocycles. The number of carbonyl (C=O) groups is 1. The number of piperidine rings is 1. The summed E-state index contributed by atoms with van der Waals surface area (Å²) in [5.41, 5.74) is 2.77. The lowest BCUT2D eigenvalue weighted by molar-refractivity contribution is 0.0666. The van der Waals surface area contributed by atoms with Gasteiger partial charge < -0.3 is 10.2 Å². The second-order valence-corrected chi connectivity index (χ2v) is 5.72. The van der Waals surface area contributed by atoms with Crippen molar-refractivity contribution >= 4 is 17.2 Å². The van der Waals surface area contributed by atoms with E-state index in [9.17, 15) is 4.79 Å². The van der Waals surface area contributed by atoms with E-state index in [0.29, 0.717) is 0 Å². The van der Waals surface area contributed by atoms with Crippen molar-refractivity contribution in [3.8, 4) is 0 Å². The van der Waals surface area contributed by atoms with Crippen molar-refractivity contribution in [1.29, 1.82) is 0 Å². The van der Waals surface area contributed by atoms with Crippen molar-refractivity contribution in [3.63, 3.8) is 0 Å². The predicted octanol–water partition coefficient (Wildman–Crippen LogP) is 1.67. The number of rotatable bonds is 2. The maximum absolute atomic E-state index is 12.3. The Morgan fingerprint density at radius 1 is 1.53 bits per heavy atom. The molecule has 17 heavy (non-hydrogen) atoms. The highest BCUT2D eigenvalue weighted by Gasteiger charge is 2.31. The topological polar surface area (TPSA) is 45.2 Å². The van der Waals surface area contributed by atoms with E-state index in [2.05, 4.69) is 17.2 Å². The van der Waals surface area contributed by atoms with Crippen molar-refractivity contribution in [2.45, 2.75) is 32.2 Å². The molecule has 1 aromatic heterocycles. The first-order valence-electron chi connectivity index (χ1n) is 5.94. The maximum Gasteiger partial charge on any atom is 0.265 e. The number of amides is 1.